The zero-order valence-electron chi connectivity index (χ0n) is 13.1. The molecule has 0 fully saturated rings. The number of Topliss-reactive ketones (excluding diaryl/α,β-unsaturated/α-hetero) is 1. The first-order chi connectivity index (χ1) is 10.9. The Kier molecular flexibility index (Phi) is 7.37. The molecule has 0 bridgehead atoms. The summed E-state index contributed by atoms with van der Waals surface area (Å²) in [5.41, 5.74) is 0.549. The van der Waals surface area contributed by atoms with Gasteiger partial charge in [-0.05, 0) is 18.9 Å². The zero-order chi connectivity index (χ0) is 17.4. The second-order valence-corrected chi connectivity index (χ2v) is 4.96. The molecule has 0 aliphatic heterocycles. The molecule has 23 heavy (non-hydrogen) atoms. The van der Waals surface area contributed by atoms with Gasteiger partial charge in [0, 0.05) is 19.0 Å². The lowest BCUT2D eigenvalue weighted by molar-refractivity contribution is -0.137. The first-order valence-corrected chi connectivity index (χ1v) is 7.28. The molecule has 0 spiro atoms. The summed E-state index contributed by atoms with van der Waals surface area (Å²) in [7, 11) is 0. The zero-order valence-corrected chi connectivity index (χ0v) is 13.1. The lowest BCUT2D eigenvalue weighted by Crippen LogP contribution is -2.27. The highest BCUT2D eigenvalue weighted by Gasteiger charge is 2.20. The summed E-state index contributed by atoms with van der Waals surface area (Å²) in [5, 5.41) is 22.4. The van der Waals surface area contributed by atoms with Crippen molar-refractivity contribution in [3.63, 3.8) is 0 Å². The summed E-state index contributed by atoms with van der Waals surface area (Å²) < 4.78 is 4.63. The van der Waals surface area contributed by atoms with E-state index >= 15 is 0 Å². The fourth-order valence-electron chi connectivity index (χ4n) is 1.92. The predicted octanol–water partition coefficient (Wildman–Crippen LogP) is 0.353. The Morgan fingerprint density at radius 3 is 2.30 bits per heavy atom. The number of aliphatic hydroxyl groups is 2. The molecule has 1 aromatic rings. The van der Waals surface area contributed by atoms with Crippen LogP contribution < -0.4 is 5.32 Å². The van der Waals surface area contributed by atoms with E-state index in [-0.39, 0.29) is 31.0 Å². The van der Waals surface area contributed by atoms with Crippen molar-refractivity contribution >= 4 is 17.7 Å². The Bertz CT molecular complexity index is 554. The van der Waals surface area contributed by atoms with E-state index in [0.29, 0.717) is 5.56 Å². The molecule has 7 heteroatoms. The number of hydrogen-bond donors (Lipinski definition) is 3. The molecule has 2 atom stereocenters. The van der Waals surface area contributed by atoms with Gasteiger partial charge in [-0.15, -0.1) is 0 Å². The predicted molar refractivity (Wildman–Crippen MR) is 81.7 cm³/mol. The largest absolute Gasteiger partial charge is 0.460 e. The summed E-state index contributed by atoms with van der Waals surface area (Å²) in [4.78, 5) is 33.8. The molecule has 2 unspecified atom stereocenters. The fourth-order valence-corrected chi connectivity index (χ4v) is 1.92. The van der Waals surface area contributed by atoms with Gasteiger partial charge in [0.05, 0.1) is 12.7 Å². The number of ether oxygens (including phenoxy) is 1. The minimum absolute atomic E-state index is 0.113. The summed E-state index contributed by atoms with van der Waals surface area (Å²) in [6.07, 6.45) is -2.03. The minimum atomic E-state index is -1.16. The molecule has 1 amide bonds. The van der Waals surface area contributed by atoms with Gasteiger partial charge in [-0.25, -0.2) is 4.79 Å². The van der Waals surface area contributed by atoms with Crippen LogP contribution in [0.15, 0.2) is 24.3 Å². The van der Waals surface area contributed by atoms with Gasteiger partial charge in [0.25, 0.3) is 5.78 Å². The molecule has 0 aliphatic rings. The third-order valence-electron chi connectivity index (χ3n) is 3.15. The van der Waals surface area contributed by atoms with Gasteiger partial charge in [-0.1, -0.05) is 24.3 Å². The average molecular weight is 323 g/mol. The van der Waals surface area contributed by atoms with E-state index in [1.165, 1.54) is 31.2 Å². The molecule has 0 heterocycles. The standard InChI is InChI=1S/C16H21NO6/c1-3-23-16(22)15(21)12-6-4-11(5-7-12)14(20)13(19)8-9-17-10(2)18/h4-7,13-14,19-20H,3,8-9H2,1-2H3,(H,17,18). The van der Waals surface area contributed by atoms with Crippen LogP contribution in [0.3, 0.4) is 0 Å². The maximum Gasteiger partial charge on any atom is 0.379 e. The number of amides is 1. The number of ketones is 1. The molecule has 3 N–H and O–H groups in total. The Hall–Kier alpha value is -2.25. The topological polar surface area (TPSA) is 113 Å². The van der Waals surface area contributed by atoms with Crippen LogP contribution in [0.25, 0.3) is 0 Å². The number of carbonyl (C=O) groups excluding carboxylic acids is 3. The lowest BCUT2D eigenvalue weighted by atomic mass is 10.00. The summed E-state index contributed by atoms with van der Waals surface area (Å²) >= 11 is 0. The van der Waals surface area contributed by atoms with Gasteiger partial charge in [0.1, 0.15) is 6.10 Å². The Labute approximate surface area is 134 Å². The number of nitrogens with one attached hydrogen (secondary N) is 1. The third-order valence-corrected chi connectivity index (χ3v) is 3.15. The number of carbonyl (C=O) groups is 3. The summed E-state index contributed by atoms with van der Waals surface area (Å²) in [6.45, 7) is 3.32. The number of benzene rings is 1. The van der Waals surface area contributed by atoms with Gasteiger partial charge in [-0.2, -0.15) is 0 Å². The van der Waals surface area contributed by atoms with Crippen LogP contribution in [0.1, 0.15) is 42.3 Å². The SMILES string of the molecule is CCOC(=O)C(=O)c1ccc(C(O)C(O)CCNC(C)=O)cc1. The van der Waals surface area contributed by atoms with Gasteiger partial charge >= 0.3 is 5.97 Å². The van der Waals surface area contributed by atoms with Crippen molar-refractivity contribution in [2.75, 3.05) is 13.2 Å². The van der Waals surface area contributed by atoms with E-state index in [0.717, 1.165) is 0 Å². The summed E-state index contributed by atoms with van der Waals surface area (Å²) in [5.74, 6) is -1.91. The summed E-state index contributed by atoms with van der Waals surface area (Å²) in [6, 6.07) is 5.69. The van der Waals surface area contributed by atoms with E-state index in [4.69, 9.17) is 0 Å². The highest BCUT2D eigenvalue weighted by atomic mass is 16.5. The van der Waals surface area contributed by atoms with Crippen LogP contribution in [-0.4, -0.2) is 47.1 Å². The van der Waals surface area contributed by atoms with Crippen molar-refractivity contribution < 1.29 is 29.3 Å². The number of esters is 1. The number of aliphatic hydroxyl groups excluding tert-OH is 2. The van der Waals surface area contributed by atoms with Crippen molar-refractivity contribution in [3.05, 3.63) is 35.4 Å². The highest BCUT2D eigenvalue weighted by Crippen LogP contribution is 2.19. The molecule has 0 radical (unpaired) electrons. The van der Waals surface area contributed by atoms with Gasteiger partial charge in [0.15, 0.2) is 0 Å². The maximum atomic E-state index is 11.7. The van der Waals surface area contributed by atoms with Crippen LogP contribution >= 0.6 is 0 Å². The molecule has 1 aromatic carbocycles. The van der Waals surface area contributed by atoms with Gasteiger partial charge < -0.3 is 20.3 Å². The molecule has 7 nitrogen and oxygen atoms in total. The minimum Gasteiger partial charge on any atom is -0.460 e. The molecule has 0 aliphatic carbocycles. The quantitative estimate of drug-likeness (QED) is 0.361. The monoisotopic (exact) mass is 323 g/mol. The van der Waals surface area contributed by atoms with E-state index in [2.05, 4.69) is 10.1 Å². The first-order valence-electron chi connectivity index (χ1n) is 7.28. The van der Waals surface area contributed by atoms with E-state index in [1.54, 1.807) is 6.92 Å². The van der Waals surface area contributed by atoms with Crippen LogP contribution in [0.5, 0.6) is 0 Å². The van der Waals surface area contributed by atoms with Crippen LogP contribution in [0, 0.1) is 0 Å². The second kappa shape index (κ2) is 9.02. The first kappa shape index (κ1) is 18.8. The van der Waals surface area contributed by atoms with Crippen LogP contribution in [0.2, 0.25) is 0 Å². The molecule has 1 rings (SSSR count). The normalized spacial score (nSPS) is 13.0. The Balaban J connectivity index is 2.66. The van der Waals surface area contributed by atoms with Crippen molar-refractivity contribution in [3.8, 4) is 0 Å². The van der Waals surface area contributed by atoms with Crippen LogP contribution in [0.4, 0.5) is 0 Å². The molecule has 0 saturated carbocycles. The molecular formula is C16H21NO6. The smallest absolute Gasteiger partial charge is 0.379 e. The van der Waals surface area contributed by atoms with Crippen molar-refractivity contribution in [2.45, 2.75) is 32.5 Å². The third kappa shape index (κ3) is 5.80. The van der Waals surface area contributed by atoms with Crippen molar-refractivity contribution in [1.29, 1.82) is 0 Å². The van der Waals surface area contributed by atoms with Gasteiger partial charge in [0.2, 0.25) is 5.91 Å². The van der Waals surface area contributed by atoms with Crippen molar-refractivity contribution in [2.24, 2.45) is 0 Å². The van der Waals surface area contributed by atoms with Crippen LogP contribution in [-0.2, 0) is 14.3 Å². The molecule has 126 valence electrons. The lowest BCUT2D eigenvalue weighted by Gasteiger charge is -2.18. The molecule has 0 saturated heterocycles. The van der Waals surface area contributed by atoms with E-state index in [9.17, 15) is 24.6 Å². The Morgan fingerprint density at radius 1 is 1.17 bits per heavy atom. The average Bonchev–Trinajstić information content (AvgIpc) is 2.53. The Morgan fingerprint density at radius 2 is 1.78 bits per heavy atom. The highest BCUT2D eigenvalue weighted by molar-refractivity contribution is 6.40. The number of hydrogen-bond acceptors (Lipinski definition) is 6. The maximum absolute atomic E-state index is 11.7. The number of rotatable bonds is 8. The second-order valence-electron chi connectivity index (χ2n) is 4.96. The molecular weight excluding hydrogens is 302 g/mol. The van der Waals surface area contributed by atoms with Crippen molar-refractivity contribution in [1.82, 2.24) is 5.32 Å². The van der Waals surface area contributed by atoms with E-state index in [1.807, 2.05) is 0 Å². The van der Waals surface area contributed by atoms with Gasteiger partial charge in [-0.3, -0.25) is 9.59 Å². The van der Waals surface area contributed by atoms with E-state index < -0.39 is 24.0 Å². The fraction of sp³-hybridized carbons (Fsp3) is 0.438. The molecule has 0 aromatic heterocycles.